The number of rotatable bonds is 4. The average molecular weight is 460 g/mol. The molecule has 1 saturated heterocycles. The molecule has 0 bridgehead atoms. The maximum Gasteiger partial charge on any atom is 0.346 e. The van der Waals surface area contributed by atoms with Crippen LogP contribution in [0.2, 0.25) is 0 Å². The van der Waals surface area contributed by atoms with E-state index in [0.29, 0.717) is 30.6 Å². The van der Waals surface area contributed by atoms with Crippen molar-refractivity contribution in [2.75, 3.05) is 26.3 Å². The quantitative estimate of drug-likeness (QED) is 0.637. The first kappa shape index (κ1) is 23.5. The number of thiophene rings is 1. The van der Waals surface area contributed by atoms with Crippen LogP contribution in [0.15, 0.2) is 11.6 Å². The molecule has 2 fully saturated rings. The fourth-order valence-electron chi connectivity index (χ4n) is 5.41. The first-order chi connectivity index (χ1) is 15.1. The lowest BCUT2D eigenvalue weighted by Gasteiger charge is -2.37. The summed E-state index contributed by atoms with van der Waals surface area (Å²) in [7, 11) is 0. The van der Waals surface area contributed by atoms with E-state index in [0.717, 1.165) is 41.3 Å². The first-order valence-corrected chi connectivity index (χ1v) is 12.9. The second-order valence-electron chi connectivity index (χ2n) is 10.9. The Morgan fingerprint density at radius 2 is 1.88 bits per heavy atom. The van der Waals surface area contributed by atoms with Crippen LogP contribution in [0.5, 0.6) is 0 Å². The highest BCUT2D eigenvalue weighted by Gasteiger charge is 2.35. The Bertz CT molecular complexity index is 895. The number of carboxylic acids is 1. The van der Waals surface area contributed by atoms with Gasteiger partial charge in [-0.3, -0.25) is 4.79 Å². The minimum absolute atomic E-state index is 0.0557. The van der Waals surface area contributed by atoms with Gasteiger partial charge in [0.05, 0.1) is 12.5 Å². The van der Waals surface area contributed by atoms with Crippen LogP contribution in [0.1, 0.15) is 86.3 Å². The van der Waals surface area contributed by atoms with Crippen LogP contribution in [0, 0.1) is 17.8 Å². The zero-order valence-corrected chi connectivity index (χ0v) is 20.7. The zero-order chi connectivity index (χ0) is 23.0. The fraction of sp³-hybridized carbons (Fsp3) is 0.692. The standard InChI is InChI=1S/C26H37NO4S/c1-16-5-7-17(8-6-16)19-9-11-27(24(28)18-10-12-31-15-18)14-21(19)20-13-22(26(2,3)4)32-23(20)25(29)30/h13,16-18H,5-12,14-15H2,1-4H3,(H,29,30). The molecule has 1 aliphatic carbocycles. The number of hydrogen-bond donors (Lipinski definition) is 1. The van der Waals surface area contributed by atoms with Gasteiger partial charge in [-0.25, -0.2) is 4.79 Å². The van der Waals surface area contributed by atoms with E-state index in [1.807, 2.05) is 4.90 Å². The number of aromatic carboxylic acids is 1. The molecule has 3 aliphatic rings. The normalized spacial score (nSPS) is 27.1. The van der Waals surface area contributed by atoms with Gasteiger partial charge in [-0.05, 0) is 54.6 Å². The predicted molar refractivity (Wildman–Crippen MR) is 128 cm³/mol. The third kappa shape index (κ3) is 4.81. The number of hydrogen-bond acceptors (Lipinski definition) is 4. The van der Waals surface area contributed by atoms with E-state index < -0.39 is 5.97 Å². The average Bonchev–Trinajstić information content (AvgIpc) is 3.43. The molecule has 1 aromatic heterocycles. The molecule has 5 nitrogen and oxygen atoms in total. The minimum Gasteiger partial charge on any atom is -0.477 e. The minimum atomic E-state index is -0.864. The summed E-state index contributed by atoms with van der Waals surface area (Å²) in [5.74, 6) is 0.520. The molecule has 1 atom stereocenters. The molecule has 4 rings (SSSR count). The van der Waals surface area contributed by atoms with Gasteiger partial charge >= 0.3 is 5.97 Å². The Hall–Kier alpha value is -1.66. The summed E-state index contributed by atoms with van der Waals surface area (Å²) in [4.78, 5) is 28.9. The smallest absolute Gasteiger partial charge is 0.346 e. The summed E-state index contributed by atoms with van der Waals surface area (Å²) in [6.45, 7) is 11.1. The highest BCUT2D eigenvalue weighted by molar-refractivity contribution is 7.14. The molecule has 1 aromatic rings. The van der Waals surface area contributed by atoms with Crippen molar-refractivity contribution in [3.05, 3.63) is 27.0 Å². The molecule has 1 amide bonds. The van der Waals surface area contributed by atoms with Crippen molar-refractivity contribution in [2.45, 2.75) is 71.6 Å². The molecular formula is C26H37NO4S. The summed E-state index contributed by atoms with van der Waals surface area (Å²) in [5.41, 5.74) is 3.25. The van der Waals surface area contributed by atoms with E-state index in [4.69, 9.17) is 4.74 Å². The van der Waals surface area contributed by atoms with Crippen LogP contribution in [-0.4, -0.2) is 48.2 Å². The van der Waals surface area contributed by atoms with E-state index >= 15 is 0 Å². The number of carbonyl (C=O) groups is 2. The van der Waals surface area contributed by atoms with Crippen LogP contribution in [0.3, 0.4) is 0 Å². The lowest BCUT2D eigenvalue weighted by atomic mass is 9.75. The molecule has 176 valence electrons. The van der Waals surface area contributed by atoms with Crippen molar-refractivity contribution >= 4 is 28.8 Å². The van der Waals surface area contributed by atoms with Gasteiger partial charge in [0.1, 0.15) is 4.88 Å². The lowest BCUT2D eigenvalue weighted by molar-refractivity contribution is -0.135. The molecule has 1 saturated carbocycles. The number of amides is 1. The zero-order valence-electron chi connectivity index (χ0n) is 19.9. The second kappa shape index (κ2) is 9.30. The maximum atomic E-state index is 13.2. The molecule has 1 N–H and O–H groups in total. The highest BCUT2D eigenvalue weighted by Crippen LogP contribution is 2.43. The van der Waals surface area contributed by atoms with Crippen LogP contribution >= 0.6 is 11.3 Å². The monoisotopic (exact) mass is 459 g/mol. The molecule has 3 heterocycles. The Morgan fingerprint density at radius 3 is 2.47 bits per heavy atom. The summed E-state index contributed by atoms with van der Waals surface area (Å²) in [6, 6.07) is 2.10. The lowest BCUT2D eigenvalue weighted by Crippen LogP contribution is -2.41. The van der Waals surface area contributed by atoms with E-state index in [1.165, 1.54) is 42.6 Å². The Kier molecular flexibility index (Phi) is 6.83. The van der Waals surface area contributed by atoms with Crippen molar-refractivity contribution in [1.82, 2.24) is 4.90 Å². The van der Waals surface area contributed by atoms with Crippen molar-refractivity contribution in [2.24, 2.45) is 17.8 Å². The van der Waals surface area contributed by atoms with E-state index in [9.17, 15) is 14.7 Å². The van der Waals surface area contributed by atoms with E-state index in [-0.39, 0.29) is 17.2 Å². The Morgan fingerprint density at radius 1 is 1.16 bits per heavy atom. The molecule has 2 aliphatic heterocycles. The molecule has 1 unspecified atom stereocenters. The number of carboxylic acid groups (broad SMARTS) is 1. The summed E-state index contributed by atoms with van der Waals surface area (Å²) >= 11 is 1.40. The van der Waals surface area contributed by atoms with Crippen molar-refractivity contribution in [3.8, 4) is 0 Å². The maximum absolute atomic E-state index is 13.2. The third-order valence-corrected chi connectivity index (χ3v) is 9.03. The van der Waals surface area contributed by atoms with E-state index in [2.05, 4.69) is 33.8 Å². The van der Waals surface area contributed by atoms with Gasteiger partial charge in [0.15, 0.2) is 0 Å². The first-order valence-electron chi connectivity index (χ1n) is 12.1. The molecular weight excluding hydrogens is 422 g/mol. The van der Waals surface area contributed by atoms with Gasteiger partial charge in [0.25, 0.3) is 0 Å². The molecule has 32 heavy (non-hydrogen) atoms. The molecule has 6 heteroatoms. The summed E-state index contributed by atoms with van der Waals surface area (Å²) in [6.07, 6.45) is 6.44. The number of ether oxygens (including phenoxy) is 1. The predicted octanol–water partition coefficient (Wildman–Crippen LogP) is 5.59. The highest BCUT2D eigenvalue weighted by atomic mass is 32.1. The summed E-state index contributed by atoms with van der Waals surface area (Å²) in [5, 5.41) is 10.0. The molecule has 0 aromatic carbocycles. The van der Waals surface area contributed by atoms with Gasteiger partial charge < -0.3 is 14.7 Å². The van der Waals surface area contributed by atoms with Crippen molar-refractivity contribution < 1.29 is 19.4 Å². The van der Waals surface area contributed by atoms with E-state index in [1.54, 1.807) is 0 Å². The van der Waals surface area contributed by atoms with Gasteiger partial charge in [0.2, 0.25) is 5.91 Å². The van der Waals surface area contributed by atoms with Gasteiger partial charge in [0, 0.05) is 30.1 Å². The fourth-order valence-corrected chi connectivity index (χ4v) is 6.50. The van der Waals surface area contributed by atoms with Gasteiger partial charge in [-0.15, -0.1) is 11.3 Å². The van der Waals surface area contributed by atoms with Crippen molar-refractivity contribution in [1.29, 1.82) is 0 Å². The number of nitrogens with zero attached hydrogens (tertiary/aromatic N) is 1. The number of carbonyl (C=O) groups excluding carboxylic acids is 1. The molecule has 0 spiro atoms. The van der Waals surface area contributed by atoms with Crippen LogP contribution < -0.4 is 0 Å². The largest absolute Gasteiger partial charge is 0.477 e. The summed E-state index contributed by atoms with van der Waals surface area (Å²) < 4.78 is 5.46. The van der Waals surface area contributed by atoms with Crippen LogP contribution in [0.25, 0.3) is 5.57 Å². The second-order valence-corrected chi connectivity index (χ2v) is 12.0. The van der Waals surface area contributed by atoms with Gasteiger partial charge in [-0.2, -0.15) is 0 Å². The van der Waals surface area contributed by atoms with Crippen LogP contribution in [0.4, 0.5) is 0 Å². The van der Waals surface area contributed by atoms with Crippen molar-refractivity contribution in [3.63, 3.8) is 0 Å². The third-order valence-electron chi connectivity index (χ3n) is 7.48. The topological polar surface area (TPSA) is 66.8 Å². The van der Waals surface area contributed by atoms with Gasteiger partial charge in [-0.1, -0.05) is 46.1 Å². The Labute approximate surface area is 195 Å². The Balaban J connectivity index is 1.74. The SMILES string of the molecule is CC1CCC(C2=C(c3cc(C(C)(C)C)sc3C(=O)O)CN(C(=O)C3CCOC3)CC2)CC1. The van der Waals surface area contributed by atoms with Crippen LogP contribution in [-0.2, 0) is 14.9 Å². The molecule has 0 radical (unpaired) electrons.